The summed E-state index contributed by atoms with van der Waals surface area (Å²) in [6, 6.07) is 7.75. The molecule has 1 atom stereocenters. The number of hydrogen-bond acceptors (Lipinski definition) is 5. The second-order valence-electron chi connectivity index (χ2n) is 5.86. The number of nitrogens with zero attached hydrogens (tertiary/aromatic N) is 1. The molecule has 0 amide bonds. The van der Waals surface area contributed by atoms with Crippen LogP contribution in [-0.2, 0) is 14.8 Å². The van der Waals surface area contributed by atoms with Crippen LogP contribution in [0, 0.1) is 11.6 Å². The molecule has 27 heavy (non-hydrogen) atoms. The Morgan fingerprint density at radius 2 is 1.67 bits per heavy atom. The molecule has 1 unspecified atom stereocenters. The average molecular weight is 397 g/mol. The van der Waals surface area contributed by atoms with Gasteiger partial charge in [0.2, 0.25) is 15.8 Å². The van der Waals surface area contributed by atoms with Gasteiger partial charge in [0.1, 0.15) is 0 Å². The number of benzene rings is 2. The summed E-state index contributed by atoms with van der Waals surface area (Å²) < 4.78 is 56.5. The van der Waals surface area contributed by atoms with E-state index in [0.717, 1.165) is 22.5 Å². The second-order valence-corrected chi connectivity index (χ2v) is 8.01. The number of hydrogen-bond donors (Lipinski definition) is 0. The highest BCUT2D eigenvalue weighted by Gasteiger charge is 2.23. The van der Waals surface area contributed by atoms with E-state index >= 15 is 0 Å². The highest BCUT2D eigenvalue weighted by molar-refractivity contribution is 7.89. The number of esters is 1. The van der Waals surface area contributed by atoms with Crippen LogP contribution in [0.3, 0.4) is 0 Å². The predicted molar refractivity (Wildman–Crippen MR) is 92.9 cm³/mol. The quantitative estimate of drug-likeness (QED) is 0.553. The molecule has 144 valence electrons. The lowest BCUT2D eigenvalue weighted by atomic mass is 10.1. The van der Waals surface area contributed by atoms with Crippen LogP contribution < -0.4 is 0 Å². The van der Waals surface area contributed by atoms with Gasteiger partial charge in [-0.1, -0.05) is 6.07 Å². The summed E-state index contributed by atoms with van der Waals surface area (Å²) in [6.45, 7) is 1.28. The fourth-order valence-corrected chi connectivity index (χ4v) is 3.11. The van der Waals surface area contributed by atoms with Gasteiger partial charge in [0.05, 0.1) is 10.5 Å². The molecule has 0 fully saturated rings. The van der Waals surface area contributed by atoms with E-state index < -0.39 is 39.5 Å². The van der Waals surface area contributed by atoms with E-state index in [2.05, 4.69) is 0 Å². The zero-order valence-electron chi connectivity index (χ0n) is 14.8. The molecule has 0 bridgehead atoms. The van der Waals surface area contributed by atoms with E-state index in [4.69, 9.17) is 4.74 Å². The Labute approximate surface area is 155 Å². The van der Waals surface area contributed by atoms with Crippen molar-refractivity contribution in [1.82, 2.24) is 4.31 Å². The zero-order valence-corrected chi connectivity index (χ0v) is 15.6. The maximum atomic E-state index is 13.3. The molecule has 0 saturated heterocycles. The van der Waals surface area contributed by atoms with E-state index in [1.807, 2.05) is 0 Å². The Morgan fingerprint density at radius 1 is 1.00 bits per heavy atom. The minimum Gasteiger partial charge on any atom is -0.451 e. The Kier molecular flexibility index (Phi) is 6.07. The van der Waals surface area contributed by atoms with Crippen LogP contribution in [0.4, 0.5) is 8.78 Å². The zero-order chi connectivity index (χ0) is 20.4. The van der Waals surface area contributed by atoms with Gasteiger partial charge in [0.15, 0.2) is 17.7 Å². The molecule has 0 radical (unpaired) electrons. The van der Waals surface area contributed by atoms with Crippen LogP contribution in [-0.4, -0.2) is 44.7 Å². The van der Waals surface area contributed by atoms with Gasteiger partial charge in [-0.3, -0.25) is 4.79 Å². The van der Waals surface area contributed by atoms with Crippen molar-refractivity contribution in [2.45, 2.75) is 17.9 Å². The number of sulfonamides is 1. The molecular weight excluding hydrogens is 380 g/mol. The van der Waals surface area contributed by atoms with Crippen LogP contribution in [0.2, 0.25) is 0 Å². The third-order valence-electron chi connectivity index (χ3n) is 3.71. The summed E-state index contributed by atoms with van der Waals surface area (Å²) in [5.74, 6) is -3.94. The monoisotopic (exact) mass is 397 g/mol. The number of carbonyl (C=O) groups excluding carboxylic acids is 2. The Bertz CT molecular complexity index is 989. The molecule has 2 aromatic rings. The van der Waals surface area contributed by atoms with Crippen LogP contribution >= 0.6 is 0 Å². The van der Waals surface area contributed by atoms with Crippen molar-refractivity contribution < 1.29 is 31.5 Å². The first-order valence-corrected chi connectivity index (χ1v) is 9.21. The highest BCUT2D eigenvalue weighted by atomic mass is 32.2. The number of ether oxygens (including phenoxy) is 1. The number of carbonyl (C=O) groups is 2. The molecule has 2 rings (SSSR count). The van der Waals surface area contributed by atoms with Gasteiger partial charge in [-0.25, -0.2) is 26.3 Å². The van der Waals surface area contributed by atoms with Gasteiger partial charge < -0.3 is 4.74 Å². The van der Waals surface area contributed by atoms with Gasteiger partial charge in [0.25, 0.3) is 0 Å². The minimum atomic E-state index is -3.75. The molecular formula is C18H17F2NO5S. The molecule has 2 aromatic carbocycles. The summed E-state index contributed by atoms with van der Waals surface area (Å²) in [6.07, 6.45) is -1.28. The van der Waals surface area contributed by atoms with E-state index in [0.29, 0.717) is 6.07 Å². The molecule has 0 N–H and O–H groups in total. The van der Waals surface area contributed by atoms with Gasteiger partial charge in [0, 0.05) is 19.7 Å². The average Bonchev–Trinajstić information content (AvgIpc) is 2.63. The van der Waals surface area contributed by atoms with Crippen molar-refractivity contribution in [3.05, 3.63) is 65.2 Å². The lowest BCUT2D eigenvalue weighted by Gasteiger charge is -2.14. The maximum Gasteiger partial charge on any atom is 0.338 e. The molecule has 0 aromatic heterocycles. The van der Waals surface area contributed by atoms with E-state index in [-0.39, 0.29) is 16.0 Å². The van der Waals surface area contributed by atoms with E-state index in [1.165, 1.54) is 39.2 Å². The van der Waals surface area contributed by atoms with Crippen molar-refractivity contribution in [2.24, 2.45) is 0 Å². The minimum absolute atomic E-state index is 0.0668. The predicted octanol–water partition coefficient (Wildman–Crippen LogP) is 2.64. The molecule has 0 aliphatic rings. The van der Waals surface area contributed by atoms with Gasteiger partial charge in [-0.05, 0) is 43.3 Å². The van der Waals surface area contributed by atoms with Crippen molar-refractivity contribution in [3.8, 4) is 0 Å². The summed E-state index contributed by atoms with van der Waals surface area (Å²) in [5.41, 5.74) is -0.221. The van der Waals surface area contributed by atoms with E-state index in [1.54, 1.807) is 0 Å². The highest BCUT2D eigenvalue weighted by Crippen LogP contribution is 2.17. The first-order valence-electron chi connectivity index (χ1n) is 7.77. The van der Waals surface area contributed by atoms with Gasteiger partial charge in [-0.15, -0.1) is 0 Å². The first-order chi connectivity index (χ1) is 12.5. The number of halogens is 2. The number of ketones is 1. The topological polar surface area (TPSA) is 80.8 Å². The summed E-state index contributed by atoms with van der Waals surface area (Å²) >= 11 is 0. The molecule has 0 aliphatic carbocycles. The molecule has 0 spiro atoms. The fourth-order valence-electron chi connectivity index (χ4n) is 2.16. The summed E-state index contributed by atoms with van der Waals surface area (Å²) in [5, 5.41) is 0. The largest absolute Gasteiger partial charge is 0.451 e. The summed E-state index contributed by atoms with van der Waals surface area (Å²) in [7, 11) is -1.05. The van der Waals surface area contributed by atoms with Crippen LogP contribution in [0.15, 0.2) is 47.4 Å². The van der Waals surface area contributed by atoms with Crippen molar-refractivity contribution in [3.63, 3.8) is 0 Å². The Morgan fingerprint density at radius 3 is 2.26 bits per heavy atom. The van der Waals surface area contributed by atoms with Crippen LogP contribution in [0.5, 0.6) is 0 Å². The lowest BCUT2D eigenvalue weighted by Crippen LogP contribution is -2.25. The first kappa shape index (κ1) is 20.7. The third-order valence-corrected chi connectivity index (χ3v) is 5.52. The molecule has 6 nitrogen and oxygen atoms in total. The van der Waals surface area contributed by atoms with Crippen molar-refractivity contribution in [2.75, 3.05) is 14.1 Å². The molecule has 9 heteroatoms. The number of rotatable bonds is 6. The van der Waals surface area contributed by atoms with Crippen LogP contribution in [0.25, 0.3) is 0 Å². The van der Waals surface area contributed by atoms with Crippen molar-refractivity contribution in [1.29, 1.82) is 0 Å². The van der Waals surface area contributed by atoms with Crippen molar-refractivity contribution >= 4 is 21.8 Å². The summed E-state index contributed by atoms with van der Waals surface area (Å²) in [4.78, 5) is 24.4. The Balaban J connectivity index is 2.19. The SMILES string of the molecule is CC(OC(=O)c1cccc(S(=O)(=O)N(C)C)c1)C(=O)c1ccc(F)c(F)c1. The lowest BCUT2D eigenvalue weighted by molar-refractivity contribution is 0.0318. The normalized spacial score (nSPS) is 12.7. The van der Waals surface area contributed by atoms with E-state index in [9.17, 15) is 26.8 Å². The molecule has 0 aliphatic heterocycles. The standard InChI is InChI=1S/C18H17F2NO5S/c1-11(17(22)12-7-8-15(19)16(20)10-12)26-18(23)13-5-4-6-14(9-13)27(24,25)21(2)3/h4-11H,1-3H3. The maximum absolute atomic E-state index is 13.3. The van der Waals surface area contributed by atoms with Crippen LogP contribution in [0.1, 0.15) is 27.6 Å². The number of Topliss-reactive ketones (excluding diaryl/α,β-unsaturated/α-hetero) is 1. The van der Waals surface area contributed by atoms with Gasteiger partial charge in [-0.2, -0.15) is 0 Å². The second kappa shape index (κ2) is 7.93. The molecule has 0 heterocycles. The smallest absolute Gasteiger partial charge is 0.338 e. The fraction of sp³-hybridized carbons (Fsp3) is 0.222. The Hall–Kier alpha value is -2.65. The van der Waals surface area contributed by atoms with Gasteiger partial charge >= 0.3 is 5.97 Å². The third kappa shape index (κ3) is 4.55. The molecule has 0 saturated carbocycles.